The summed E-state index contributed by atoms with van der Waals surface area (Å²) in [6.07, 6.45) is 1.54. The van der Waals surface area contributed by atoms with E-state index in [0.717, 1.165) is 22.6 Å². The minimum Gasteiger partial charge on any atom is -0.291 e. The first-order valence-corrected chi connectivity index (χ1v) is 14.7. The lowest BCUT2D eigenvalue weighted by Crippen LogP contribution is -2.49. The number of halogens is 4. The number of aromatic nitrogens is 6. The molecule has 0 saturated heterocycles. The fraction of sp³-hybridized carbons (Fsp3) is 0.321. The lowest BCUT2D eigenvalue weighted by Gasteiger charge is -2.45. The summed E-state index contributed by atoms with van der Waals surface area (Å²) in [5.74, 6) is -1.06. The Labute approximate surface area is 243 Å². The highest BCUT2D eigenvalue weighted by Gasteiger charge is 2.51. The summed E-state index contributed by atoms with van der Waals surface area (Å²) >= 11 is 0. The van der Waals surface area contributed by atoms with Gasteiger partial charge in [0.2, 0.25) is 5.03 Å². The highest BCUT2D eigenvalue weighted by Crippen LogP contribution is 2.51. The second kappa shape index (κ2) is 10.2. The van der Waals surface area contributed by atoms with Crippen LogP contribution in [0, 0.1) is 11.2 Å². The second-order valence-corrected chi connectivity index (χ2v) is 12.7. The molecular formula is C28H25F4N7O3S. The van der Waals surface area contributed by atoms with E-state index in [-0.39, 0.29) is 30.0 Å². The van der Waals surface area contributed by atoms with Crippen LogP contribution in [0.1, 0.15) is 46.6 Å². The van der Waals surface area contributed by atoms with Crippen LogP contribution in [0.3, 0.4) is 0 Å². The Morgan fingerprint density at radius 3 is 2.58 bits per heavy atom. The van der Waals surface area contributed by atoms with Gasteiger partial charge in [-0.15, -0.1) is 5.10 Å². The highest BCUT2D eigenvalue weighted by atomic mass is 32.2. The van der Waals surface area contributed by atoms with E-state index in [0.29, 0.717) is 28.9 Å². The lowest BCUT2D eigenvalue weighted by molar-refractivity contribution is -0.137. The van der Waals surface area contributed by atoms with Gasteiger partial charge in [-0.05, 0) is 73.7 Å². The van der Waals surface area contributed by atoms with E-state index < -0.39 is 44.8 Å². The molecule has 0 unspecified atom stereocenters. The Bertz CT molecular complexity index is 1870. The highest BCUT2D eigenvalue weighted by molar-refractivity contribution is 7.89. The first kappa shape index (κ1) is 28.9. The molecule has 3 aromatic heterocycles. The first-order valence-electron chi connectivity index (χ1n) is 13.3. The third-order valence-corrected chi connectivity index (χ3v) is 9.97. The maximum atomic E-state index is 14.3. The van der Waals surface area contributed by atoms with Gasteiger partial charge < -0.3 is 0 Å². The summed E-state index contributed by atoms with van der Waals surface area (Å²) < 4.78 is 85.2. The van der Waals surface area contributed by atoms with Gasteiger partial charge in [-0.2, -0.15) is 22.6 Å². The van der Waals surface area contributed by atoms with Crippen molar-refractivity contribution in [1.82, 2.24) is 34.1 Å². The average molecular weight is 616 g/mol. The number of hydrogen-bond acceptors (Lipinski definition) is 7. The van der Waals surface area contributed by atoms with Crippen LogP contribution in [0.25, 0.3) is 11.8 Å². The van der Waals surface area contributed by atoms with Gasteiger partial charge in [-0.25, -0.2) is 17.5 Å². The number of allylic oxidation sites excluding steroid dienone is 1. The van der Waals surface area contributed by atoms with Crippen LogP contribution < -0.4 is 0 Å². The number of pyridine rings is 1. The molecule has 1 fully saturated rings. The van der Waals surface area contributed by atoms with Crippen molar-refractivity contribution in [2.75, 3.05) is 7.05 Å². The molecule has 4 aromatic rings. The molecule has 224 valence electrons. The molecule has 0 spiro atoms. The lowest BCUT2D eigenvalue weighted by atomic mass is 9.60. The van der Waals surface area contributed by atoms with E-state index in [9.17, 15) is 30.8 Å². The van der Waals surface area contributed by atoms with Crippen LogP contribution in [0.5, 0.6) is 0 Å². The van der Waals surface area contributed by atoms with Crippen molar-refractivity contribution in [2.24, 2.45) is 12.5 Å². The van der Waals surface area contributed by atoms with Crippen molar-refractivity contribution < 1.29 is 30.8 Å². The van der Waals surface area contributed by atoms with Crippen molar-refractivity contribution in [3.05, 3.63) is 88.9 Å². The Morgan fingerprint density at radius 1 is 1.16 bits per heavy atom. The molecule has 6 rings (SSSR count). The van der Waals surface area contributed by atoms with Crippen LogP contribution in [0.15, 0.2) is 65.6 Å². The van der Waals surface area contributed by atoms with E-state index in [1.54, 1.807) is 29.1 Å². The maximum absolute atomic E-state index is 14.3. The molecule has 43 heavy (non-hydrogen) atoms. The maximum Gasteiger partial charge on any atom is 0.416 e. The van der Waals surface area contributed by atoms with Gasteiger partial charge in [0.15, 0.2) is 5.78 Å². The van der Waals surface area contributed by atoms with Gasteiger partial charge in [-0.3, -0.25) is 14.5 Å². The smallest absolute Gasteiger partial charge is 0.291 e. The molecule has 2 aliphatic rings. The molecule has 0 amide bonds. The fourth-order valence-electron chi connectivity index (χ4n) is 5.95. The van der Waals surface area contributed by atoms with E-state index in [2.05, 4.69) is 20.4 Å². The normalized spacial score (nSPS) is 20.4. The molecule has 0 N–H and O–H groups in total. The van der Waals surface area contributed by atoms with Crippen LogP contribution in [-0.4, -0.2) is 61.4 Å². The second-order valence-electron chi connectivity index (χ2n) is 10.8. The number of sulfonamides is 1. The largest absolute Gasteiger partial charge is 0.416 e. The fourth-order valence-corrected chi connectivity index (χ4v) is 7.24. The molecule has 0 radical (unpaired) electrons. The molecule has 10 nitrogen and oxygen atoms in total. The number of carbonyl (C=O) groups excluding carboxylic acids is 1. The summed E-state index contributed by atoms with van der Waals surface area (Å²) in [7, 11) is -1.17. The zero-order valence-corrected chi connectivity index (χ0v) is 23.8. The van der Waals surface area contributed by atoms with Gasteiger partial charge in [0.25, 0.3) is 10.0 Å². The number of benzene rings is 1. The van der Waals surface area contributed by atoms with Crippen LogP contribution in [0.2, 0.25) is 0 Å². The van der Waals surface area contributed by atoms with Gasteiger partial charge in [-0.1, -0.05) is 10.8 Å². The summed E-state index contributed by atoms with van der Waals surface area (Å²) in [5, 5.41) is 11.6. The van der Waals surface area contributed by atoms with Gasteiger partial charge in [0.05, 0.1) is 34.8 Å². The van der Waals surface area contributed by atoms with Crippen LogP contribution in [-0.2, 0) is 29.7 Å². The molecule has 1 saturated carbocycles. The minimum atomic E-state index is -4.69. The van der Waals surface area contributed by atoms with Gasteiger partial charge in [0.1, 0.15) is 11.5 Å². The predicted molar refractivity (Wildman–Crippen MR) is 145 cm³/mol. The predicted octanol–water partition coefficient (Wildman–Crippen LogP) is 4.24. The summed E-state index contributed by atoms with van der Waals surface area (Å²) in [6.45, 7) is 0. The van der Waals surface area contributed by atoms with E-state index in [1.807, 2.05) is 0 Å². The molecule has 0 aliphatic heterocycles. The molecule has 2 aliphatic carbocycles. The number of hydrogen-bond donors (Lipinski definition) is 0. The number of aryl methyl sites for hydroxylation is 1. The third kappa shape index (κ3) is 4.95. The van der Waals surface area contributed by atoms with Gasteiger partial charge >= 0.3 is 6.18 Å². The molecule has 15 heteroatoms. The number of nitrogens with zero attached hydrogens (tertiary/aromatic N) is 7. The van der Waals surface area contributed by atoms with Crippen LogP contribution >= 0.6 is 0 Å². The van der Waals surface area contributed by atoms with Crippen molar-refractivity contribution in [3.8, 4) is 5.69 Å². The average Bonchev–Trinajstić information content (AvgIpc) is 3.61. The van der Waals surface area contributed by atoms with Gasteiger partial charge in [0, 0.05) is 26.3 Å². The Hall–Kier alpha value is -4.24. The molecule has 1 aromatic carbocycles. The zero-order valence-electron chi connectivity index (χ0n) is 23.0. The summed E-state index contributed by atoms with van der Waals surface area (Å²) in [6, 6.07) is 6.55. The standard InChI is InChI=1S/C28H25F4N7O3S/c1-37-16-25(35-36-37)43(41,42)38(2)22-6-3-18-12-24-17(15-34-39(24)21-7-4-20(29)5-8-21)13-27(18,14-22)26(40)23-11-19(9-10-33-23)28(30,31)32/h4-5,7-12,15-16,22H,3,6,13-14H2,1-2H3/t22-,27-/m0/s1. The number of fused-ring (bicyclic) bond motifs is 2. The SMILES string of the molecule is CN([C@H]1CCC2=Cc3c(cnn3-c3ccc(F)cc3)C[C@]2(C(=O)c2cc(C(F)(F)F)ccn2)C1)S(=O)(=O)c1cn(C)nn1. The zero-order chi connectivity index (χ0) is 30.7. The Morgan fingerprint density at radius 2 is 1.91 bits per heavy atom. The Balaban J connectivity index is 1.44. The number of Topliss-reactive ketones (excluding diaryl/α,β-unsaturated/α-hetero) is 1. The van der Waals surface area contributed by atoms with E-state index >= 15 is 0 Å². The Kier molecular flexibility index (Phi) is 6.84. The third-order valence-electron chi connectivity index (χ3n) is 8.20. The monoisotopic (exact) mass is 615 g/mol. The van der Waals surface area contributed by atoms with Crippen LogP contribution in [0.4, 0.5) is 17.6 Å². The molecule has 3 heterocycles. The number of alkyl halides is 3. The van der Waals surface area contributed by atoms with E-state index in [1.165, 1.54) is 37.1 Å². The summed E-state index contributed by atoms with van der Waals surface area (Å²) in [4.78, 5) is 18.3. The van der Waals surface area contributed by atoms with Crippen molar-refractivity contribution in [2.45, 2.75) is 42.9 Å². The molecule has 2 atom stereocenters. The summed E-state index contributed by atoms with van der Waals surface area (Å²) in [5.41, 5.74) is -0.264. The first-order chi connectivity index (χ1) is 20.3. The number of rotatable bonds is 6. The minimum absolute atomic E-state index is 0.00719. The van der Waals surface area contributed by atoms with Crippen molar-refractivity contribution in [3.63, 3.8) is 0 Å². The van der Waals surface area contributed by atoms with Crippen molar-refractivity contribution in [1.29, 1.82) is 0 Å². The topological polar surface area (TPSA) is 116 Å². The molecule has 0 bridgehead atoms. The van der Waals surface area contributed by atoms with E-state index in [4.69, 9.17) is 0 Å². The molecular weight excluding hydrogens is 590 g/mol. The number of ketones is 1. The van der Waals surface area contributed by atoms with Crippen molar-refractivity contribution >= 4 is 21.9 Å². The number of carbonyl (C=O) groups is 1. The quantitative estimate of drug-likeness (QED) is 0.235.